The molecule has 0 N–H and O–H groups in total. The fourth-order valence-corrected chi connectivity index (χ4v) is 2.74. The molecule has 23 heavy (non-hydrogen) atoms. The van der Waals surface area contributed by atoms with Crippen LogP contribution in [-0.4, -0.2) is 30.6 Å². The molecule has 118 valence electrons. The average Bonchev–Trinajstić information content (AvgIpc) is 2.60. The second-order valence-electron chi connectivity index (χ2n) is 5.86. The second kappa shape index (κ2) is 7.25. The zero-order valence-electron chi connectivity index (χ0n) is 13.7. The summed E-state index contributed by atoms with van der Waals surface area (Å²) in [6.45, 7) is 1.94. The van der Waals surface area contributed by atoms with Gasteiger partial charge in [0.2, 0.25) is 0 Å². The molecule has 3 rings (SSSR count). The summed E-state index contributed by atoms with van der Waals surface area (Å²) in [6, 6.07) is 18.9. The first-order valence-electron chi connectivity index (χ1n) is 7.90. The monoisotopic (exact) mass is 306 g/mol. The van der Waals surface area contributed by atoms with Crippen LogP contribution in [0.25, 0.3) is 10.8 Å². The van der Waals surface area contributed by atoms with Crippen molar-refractivity contribution in [3.05, 3.63) is 72.1 Å². The lowest BCUT2D eigenvalue weighted by Crippen LogP contribution is -2.21. The van der Waals surface area contributed by atoms with Crippen molar-refractivity contribution in [2.75, 3.05) is 20.7 Å². The Morgan fingerprint density at radius 3 is 2.61 bits per heavy atom. The van der Waals surface area contributed by atoms with Crippen LogP contribution in [0.3, 0.4) is 0 Å². The third-order valence-electron chi connectivity index (χ3n) is 4.04. The molecule has 3 aromatic rings. The van der Waals surface area contributed by atoms with Crippen molar-refractivity contribution in [3.63, 3.8) is 0 Å². The van der Waals surface area contributed by atoms with Crippen molar-refractivity contribution in [3.8, 4) is 5.75 Å². The molecule has 0 spiro atoms. The minimum Gasteiger partial charge on any atom is -0.497 e. The Balaban J connectivity index is 1.64. The van der Waals surface area contributed by atoms with Crippen LogP contribution in [0, 0.1) is 0 Å². The summed E-state index contributed by atoms with van der Waals surface area (Å²) in [5.41, 5.74) is 2.47. The topological polar surface area (TPSA) is 25.4 Å². The lowest BCUT2D eigenvalue weighted by atomic mass is 10.1. The van der Waals surface area contributed by atoms with Crippen LogP contribution in [0.1, 0.15) is 11.3 Å². The number of rotatable bonds is 6. The Kier molecular flexibility index (Phi) is 4.89. The quantitative estimate of drug-likeness (QED) is 0.690. The third-order valence-corrected chi connectivity index (χ3v) is 4.04. The first kappa shape index (κ1) is 15.5. The van der Waals surface area contributed by atoms with Crippen molar-refractivity contribution >= 4 is 10.8 Å². The molecule has 0 aliphatic rings. The summed E-state index contributed by atoms with van der Waals surface area (Å²) in [5.74, 6) is 0.901. The second-order valence-corrected chi connectivity index (χ2v) is 5.86. The van der Waals surface area contributed by atoms with E-state index in [4.69, 9.17) is 4.74 Å². The number of aromatic nitrogens is 1. The Morgan fingerprint density at radius 1 is 1.00 bits per heavy atom. The van der Waals surface area contributed by atoms with E-state index in [1.165, 1.54) is 16.3 Å². The standard InChI is InChI=1S/C20H22N2O/c1-22(12-10-19-5-3-4-11-21-19)15-16-6-7-18-14-20(23-2)9-8-17(18)13-16/h3-9,11,13-14H,10,12,15H2,1-2H3. The van der Waals surface area contributed by atoms with E-state index in [9.17, 15) is 0 Å². The molecule has 0 amide bonds. The Hall–Kier alpha value is -2.39. The maximum Gasteiger partial charge on any atom is 0.119 e. The van der Waals surface area contributed by atoms with Gasteiger partial charge in [-0.3, -0.25) is 4.98 Å². The van der Waals surface area contributed by atoms with Crippen molar-refractivity contribution in [1.29, 1.82) is 0 Å². The summed E-state index contributed by atoms with van der Waals surface area (Å²) in [5, 5.41) is 2.46. The molecule has 3 heteroatoms. The van der Waals surface area contributed by atoms with Gasteiger partial charge < -0.3 is 9.64 Å². The Bertz CT molecular complexity index is 771. The van der Waals surface area contributed by atoms with Crippen LogP contribution >= 0.6 is 0 Å². The molecule has 0 atom stereocenters. The maximum absolute atomic E-state index is 5.28. The van der Waals surface area contributed by atoms with Crippen molar-refractivity contribution < 1.29 is 4.74 Å². The molecule has 3 nitrogen and oxygen atoms in total. The summed E-state index contributed by atoms with van der Waals surface area (Å²) in [4.78, 5) is 6.71. The van der Waals surface area contributed by atoms with Crippen molar-refractivity contribution in [1.82, 2.24) is 9.88 Å². The average molecular weight is 306 g/mol. The van der Waals surface area contributed by atoms with Crippen molar-refractivity contribution in [2.24, 2.45) is 0 Å². The number of benzene rings is 2. The number of hydrogen-bond acceptors (Lipinski definition) is 3. The fraction of sp³-hybridized carbons (Fsp3) is 0.250. The SMILES string of the molecule is COc1ccc2cc(CN(C)CCc3ccccn3)ccc2c1. The highest BCUT2D eigenvalue weighted by atomic mass is 16.5. The largest absolute Gasteiger partial charge is 0.497 e. The molecule has 2 aromatic carbocycles. The fourth-order valence-electron chi connectivity index (χ4n) is 2.74. The van der Waals surface area contributed by atoms with E-state index >= 15 is 0 Å². The van der Waals surface area contributed by atoms with Gasteiger partial charge in [0, 0.05) is 31.4 Å². The molecular weight excluding hydrogens is 284 g/mol. The van der Waals surface area contributed by atoms with Crippen molar-refractivity contribution in [2.45, 2.75) is 13.0 Å². The van der Waals surface area contributed by atoms with E-state index in [0.29, 0.717) is 0 Å². The minimum absolute atomic E-state index is 0.901. The van der Waals surface area contributed by atoms with Gasteiger partial charge in [0.05, 0.1) is 7.11 Å². The van der Waals surface area contributed by atoms with Gasteiger partial charge in [0.15, 0.2) is 0 Å². The van der Waals surface area contributed by atoms with Gasteiger partial charge in [-0.25, -0.2) is 0 Å². The van der Waals surface area contributed by atoms with Crippen LogP contribution in [0.4, 0.5) is 0 Å². The molecule has 0 radical (unpaired) electrons. The molecule has 0 fully saturated rings. The van der Waals surface area contributed by atoms with Crippen LogP contribution in [-0.2, 0) is 13.0 Å². The van der Waals surface area contributed by atoms with Crippen LogP contribution < -0.4 is 4.74 Å². The number of methoxy groups -OCH3 is 1. The van der Waals surface area contributed by atoms with E-state index < -0.39 is 0 Å². The van der Waals surface area contributed by atoms with Gasteiger partial charge in [-0.1, -0.05) is 24.3 Å². The normalized spacial score (nSPS) is 11.1. The summed E-state index contributed by atoms with van der Waals surface area (Å²) >= 11 is 0. The Morgan fingerprint density at radius 2 is 1.83 bits per heavy atom. The zero-order valence-corrected chi connectivity index (χ0v) is 13.7. The number of nitrogens with zero attached hydrogens (tertiary/aromatic N) is 2. The van der Waals surface area contributed by atoms with Gasteiger partial charge in [-0.15, -0.1) is 0 Å². The highest BCUT2D eigenvalue weighted by Crippen LogP contribution is 2.22. The molecule has 0 unspecified atom stereocenters. The van der Waals surface area contributed by atoms with Gasteiger partial charge >= 0.3 is 0 Å². The predicted molar refractivity (Wildman–Crippen MR) is 94.8 cm³/mol. The van der Waals surface area contributed by atoms with Gasteiger partial charge in [0.1, 0.15) is 5.75 Å². The van der Waals surface area contributed by atoms with Crippen LogP contribution in [0.15, 0.2) is 60.8 Å². The van der Waals surface area contributed by atoms with Gasteiger partial charge in [-0.05, 0) is 53.7 Å². The lowest BCUT2D eigenvalue weighted by molar-refractivity contribution is 0.330. The molecule has 0 aliphatic heterocycles. The van der Waals surface area contributed by atoms with E-state index in [1.807, 2.05) is 24.4 Å². The molecule has 1 aromatic heterocycles. The number of ether oxygens (including phenoxy) is 1. The zero-order chi connectivity index (χ0) is 16.1. The van der Waals surface area contributed by atoms with E-state index in [0.717, 1.165) is 31.0 Å². The predicted octanol–water partition coefficient (Wildman–Crippen LogP) is 3.92. The van der Waals surface area contributed by atoms with E-state index in [1.54, 1.807) is 7.11 Å². The Labute approximate surface area is 137 Å². The van der Waals surface area contributed by atoms with E-state index in [-0.39, 0.29) is 0 Å². The smallest absolute Gasteiger partial charge is 0.119 e. The summed E-state index contributed by atoms with van der Waals surface area (Å²) in [7, 11) is 3.85. The first-order chi connectivity index (χ1) is 11.2. The molecule has 0 bridgehead atoms. The van der Waals surface area contributed by atoms with Gasteiger partial charge in [0.25, 0.3) is 0 Å². The summed E-state index contributed by atoms with van der Waals surface area (Å²) in [6.07, 6.45) is 2.83. The third kappa shape index (κ3) is 4.08. The number of likely N-dealkylation sites (N-methyl/N-ethyl adjacent to an activating group) is 1. The maximum atomic E-state index is 5.28. The molecule has 0 saturated heterocycles. The highest BCUT2D eigenvalue weighted by Gasteiger charge is 2.04. The molecule has 1 heterocycles. The van der Waals surface area contributed by atoms with Crippen LogP contribution in [0.5, 0.6) is 5.75 Å². The van der Waals surface area contributed by atoms with E-state index in [2.05, 4.69) is 53.3 Å². The highest BCUT2D eigenvalue weighted by molar-refractivity contribution is 5.84. The number of pyridine rings is 1. The molecule has 0 saturated carbocycles. The van der Waals surface area contributed by atoms with Crippen LogP contribution in [0.2, 0.25) is 0 Å². The molecule has 0 aliphatic carbocycles. The number of fused-ring (bicyclic) bond motifs is 1. The number of hydrogen-bond donors (Lipinski definition) is 0. The molecular formula is C20H22N2O. The summed E-state index contributed by atoms with van der Waals surface area (Å²) < 4.78 is 5.28. The first-order valence-corrected chi connectivity index (χ1v) is 7.90. The lowest BCUT2D eigenvalue weighted by Gasteiger charge is -2.17. The van der Waals surface area contributed by atoms with Gasteiger partial charge in [-0.2, -0.15) is 0 Å². The minimum atomic E-state index is 0.901.